The van der Waals surface area contributed by atoms with Gasteiger partial charge in [-0.15, -0.1) is 6.58 Å². The molecule has 178 valence electrons. The Morgan fingerprint density at radius 1 is 1.35 bits per heavy atom. The first kappa shape index (κ1) is 24.2. The standard InChI is InChI=1S/C24H26N4O4S2/c1-4-10-28-22(30)18(34-24(28)33)14-17-20(25-19-15(3)7-6-11-27(19)21(17)29)26-12-8-16(9-13-26)23(31)32-5-2/h4,6-7,11,14,16H,1,5,8-10,12-13H2,2-3H3. The molecule has 4 heterocycles. The molecule has 2 aromatic rings. The minimum atomic E-state index is -0.259. The van der Waals surface area contributed by atoms with Crippen LogP contribution in [-0.2, 0) is 14.3 Å². The van der Waals surface area contributed by atoms with Crippen molar-refractivity contribution in [3.8, 4) is 0 Å². The van der Waals surface area contributed by atoms with Crippen LogP contribution >= 0.6 is 24.0 Å². The lowest BCUT2D eigenvalue weighted by molar-refractivity contribution is -0.148. The average Bonchev–Trinajstić information content (AvgIpc) is 3.09. The van der Waals surface area contributed by atoms with Gasteiger partial charge in [0.05, 0.1) is 23.0 Å². The van der Waals surface area contributed by atoms with Crippen LogP contribution in [-0.4, -0.2) is 56.7 Å². The predicted molar refractivity (Wildman–Crippen MR) is 138 cm³/mol. The van der Waals surface area contributed by atoms with Crippen LogP contribution in [0.25, 0.3) is 11.7 Å². The number of thiocarbonyl (C=S) groups is 1. The summed E-state index contributed by atoms with van der Waals surface area (Å²) in [6.45, 7) is 9.15. The molecule has 0 atom stereocenters. The molecule has 0 bridgehead atoms. The normalized spacial score (nSPS) is 18.2. The minimum absolute atomic E-state index is 0.168. The molecular formula is C24H26N4O4S2. The van der Waals surface area contributed by atoms with Crippen LogP contribution in [0.3, 0.4) is 0 Å². The molecule has 2 aliphatic heterocycles. The smallest absolute Gasteiger partial charge is 0.309 e. The van der Waals surface area contributed by atoms with E-state index in [4.69, 9.17) is 21.9 Å². The van der Waals surface area contributed by atoms with Crippen molar-refractivity contribution in [1.29, 1.82) is 0 Å². The molecule has 2 aliphatic rings. The van der Waals surface area contributed by atoms with Crippen molar-refractivity contribution in [3.63, 3.8) is 0 Å². The van der Waals surface area contributed by atoms with E-state index in [0.29, 0.717) is 65.3 Å². The van der Waals surface area contributed by atoms with Crippen molar-refractivity contribution in [2.24, 2.45) is 5.92 Å². The van der Waals surface area contributed by atoms with Gasteiger partial charge in [0.2, 0.25) is 0 Å². The summed E-state index contributed by atoms with van der Waals surface area (Å²) in [6, 6.07) is 3.70. The third-order valence-corrected chi connectivity index (χ3v) is 7.32. The largest absolute Gasteiger partial charge is 0.466 e. The molecule has 0 spiro atoms. The summed E-state index contributed by atoms with van der Waals surface area (Å²) < 4.78 is 7.11. The van der Waals surface area contributed by atoms with Gasteiger partial charge in [-0.1, -0.05) is 36.1 Å². The highest BCUT2D eigenvalue weighted by Crippen LogP contribution is 2.34. The fourth-order valence-corrected chi connectivity index (χ4v) is 5.43. The first-order valence-corrected chi connectivity index (χ1v) is 12.4. The summed E-state index contributed by atoms with van der Waals surface area (Å²) in [5.74, 6) is -0.0973. The Morgan fingerprint density at radius 3 is 2.76 bits per heavy atom. The SMILES string of the molecule is C=CCN1C(=O)C(=Cc2c(N3CCC(C(=O)OCC)CC3)nc3c(C)cccn3c2=O)SC1=S. The number of pyridine rings is 1. The van der Waals surface area contributed by atoms with Crippen molar-refractivity contribution in [1.82, 2.24) is 14.3 Å². The van der Waals surface area contributed by atoms with E-state index in [1.54, 1.807) is 31.3 Å². The Hall–Kier alpha value is -2.98. The molecule has 2 aromatic heterocycles. The Balaban J connectivity index is 1.77. The van der Waals surface area contributed by atoms with Crippen LogP contribution < -0.4 is 10.5 Å². The van der Waals surface area contributed by atoms with E-state index in [-0.39, 0.29) is 23.4 Å². The van der Waals surface area contributed by atoms with E-state index in [0.717, 1.165) is 17.3 Å². The highest BCUT2D eigenvalue weighted by atomic mass is 32.2. The number of thioether (sulfide) groups is 1. The van der Waals surface area contributed by atoms with Crippen LogP contribution in [0.15, 0.2) is 40.7 Å². The highest BCUT2D eigenvalue weighted by molar-refractivity contribution is 8.26. The number of anilines is 1. The van der Waals surface area contributed by atoms with E-state index in [2.05, 4.69) is 6.58 Å². The number of aryl methyl sites for hydroxylation is 1. The second-order valence-electron chi connectivity index (χ2n) is 8.13. The molecule has 0 aromatic carbocycles. The van der Waals surface area contributed by atoms with Crippen molar-refractivity contribution in [2.75, 3.05) is 31.1 Å². The number of esters is 1. The van der Waals surface area contributed by atoms with E-state index in [1.165, 1.54) is 9.30 Å². The van der Waals surface area contributed by atoms with Gasteiger partial charge in [0.1, 0.15) is 15.8 Å². The monoisotopic (exact) mass is 498 g/mol. The number of fused-ring (bicyclic) bond motifs is 1. The number of hydrogen-bond acceptors (Lipinski definition) is 8. The topological polar surface area (TPSA) is 84.2 Å². The van der Waals surface area contributed by atoms with Gasteiger partial charge in [-0.2, -0.15) is 0 Å². The molecular weight excluding hydrogens is 472 g/mol. The first-order chi connectivity index (χ1) is 16.3. The first-order valence-electron chi connectivity index (χ1n) is 11.2. The molecule has 10 heteroatoms. The number of hydrogen-bond donors (Lipinski definition) is 0. The number of carbonyl (C=O) groups is 2. The molecule has 0 aliphatic carbocycles. The second kappa shape index (κ2) is 10.1. The maximum atomic E-state index is 13.6. The quantitative estimate of drug-likeness (QED) is 0.260. The molecule has 2 saturated heterocycles. The number of amides is 1. The van der Waals surface area contributed by atoms with Crippen molar-refractivity contribution >= 4 is 57.7 Å². The van der Waals surface area contributed by atoms with Gasteiger partial charge in [0.15, 0.2) is 0 Å². The summed E-state index contributed by atoms with van der Waals surface area (Å²) in [7, 11) is 0. The van der Waals surface area contributed by atoms with Crippen LogP contribution in [0.1, 0.15) is 30.9 Å². The molecule has 0 saturated carbocycles. The van der Waals surface area contributed by atoms with Gasteiger partial charge >= 0.3 is 5.97 Å². The minimum Gasteiger partial charge on any atom is -0.466 e. The zero-order valence-electron chi connectivity index (χ0n) is 19.2. The van der Waals surface area contributed by atoms with Gasteiger partial charge < -0.3 is 9.64 Å². The number of nitrogens with zero attached hydrogens (tertiary/aromatic N) is 4. The molecule has 0 radical (unpaired) electrons. The molecule has 1 amide bonds. The van der Waals surface area contributed by atoms with Crippen LogP contribution in [0.5, 0.6) is 0 Å². The Morgan fingerprint density at radius 2 is 2.09 bits per heavy atom. The fraction of sp³-hybridized carbons (Fsp3) is 0.375. The summed E-state index contributed by atoms with van der Waals surface area (Å²) in [4.78, 5) is 47.4. The fourth-order valence-electron chi connectivity index (χ4n) is 4.17. The van der Waals surface area contributed by atoms with Gasteiger partial charge in [-0.25, -0.2) is 4.98 Å². The lowest BCUT2D eigenvalue weighted by atomic mass is 9.96. The molecule has 0 unspecified atom stereocenters. The van der Waals surface area contributed by atoms with Crippen LogP contribution in [0.4, 0.5) is 5.82 Å². The summed E-state index contributed by atoms with van der Waals surface area (Å²) in [5.41, 5.74) is 1.50. The Labute approximate surface area is 207 Å². The maximum Gasteiger partial charge on any atom is 0.309 e. The molecule has 0 N–H and O–H groups in total. The van der Waals surface area contributed by atoms with E-state index in [9.17, 15) is 14.4 Å². The van der Waals surface area contributed by atoms with Crippen molar-refractivity contribution < 1.29 is 14.3 Å². The third-order valence-electron chi connectivity index (χ3n) is 5.94. The third kappa shape index (κ3) is 4.52. The maximum absolute atomic E-state index is 13.6. The molecule has 2 fully saturated rings. The predicted octanol–water partition coefficient (Wildman–Crippen LogP) is 3.17. The number of aromatic nitrogens is 2. The zero-order valence-corrected chi connectivity index (χ0v) is 20.8. The highest BCUT2D eigenvalue weighted by Gasteiger charge is 2.33. The molecule has 4 rings (SSSR count). The second-order valence-corrected chi connectivity index (χ2v) is 9.81. The molecule has 8 nitrogen and oxygen atoms in total. The van der Waals surface area contributed by atoms with E-state index >= 15 is 0 Å². The summed E-state index contributed by atoms with van der Waals surface area (Å²) in [6.07, 6.45) is 6.10. The lowest BCUT2D eigenvalue weighted by Crippen LogP contribution is -2.39. The van der Waals surface area contributed by atoms with Gasteiger partial charge in [0, 0.05) is 25.8 Å². The van der Waals surface area contributed by atoms with Crippen molar-refractivity contribution in [2.45, 2.75) is 26.7 Å². The summed E-state index contributed by atoms with van der Waals surface area (Å²) >= 11 is 6.51. The van der Waals surface area contributed by atoms with Crippen LogP contribution in [0.2, 0.25) is 0 Å². The van der Waals surface area contributed by atoms with Gasteiger partial charge in [-0.05, 0) is 44.4 Å². The van der Waals surface area contributed by atoms with Crippen molar-refractivity contribution in [3.05, 3.63) is 57.4 Å². The number of rotatable bonds is 6. The number of ether oxygens (including phenoxy) is 1. The lowest BCUT2D eigenvalue weighted by Gasteiger charge is -2.32. The summed E-state index contributed by atoms with van der Waals surface area (Å²) in [5, 5.41) is 0. The number of piperidine rings is 1. The zero-order chi connectivity index (χ0) is 24.4. The van der Waals surface area contributed by atoms with Gasteiger partial charge in [0.25, 0.3) is 11.5 Å². The molecule has 34 heavy (non-hydrogen) atoms. The number of carbonyl (C=O) groups excluding carboxylic acids is 2. The average molecular weight is 499 g/mol. The Kier molecular flexibility index (Phi) is 7.18. The van der Waals surface area contributed by atoms with E-state index in [1.807, 2.05) is 17.9 Å². The van der Waals surface area contributed by atoms with Crippen LogP contribution in [0, 0.1) is 12.8 Å². The Bertz CT molecular complexity index is 1260. The van der Waals surface area contributed by atoms with E-state index < -0.39 is 0 Å². The van der Waals surface area contributed by atoms with Gasteiger partial charge in [-0.3, -0.25) is 23.7 Å².